The number of likely N-dealkylation sites (tertiary alicyclic amines) is 1. The molecular weight excluding hydrogens is 282 g/mol. The Labute approximate surface area is 131 Å². The highest BCUT2D eigenvalue weighted by atomic mass is 16.5. The van der Waals surface area contributed by atoms with Gasteiger partial charge in [-0.2, -0.15) is 0 Å². The Morgan fingerprint density at radius 3 is 2.86 bits per heavy atom. The number of carboxylic acids is 1. The highest BCUT2D eigenvalue weighted by Crippen LogP contribution is 2.49. The molecule has 3 rings (SSSR count). The van der Waals surface area contributed by atoms with E-state index >= 15 is 0 Å². The average molecular weight is 307 g/mol. The van der Waals surface area contributed by atoms with E-state index in [1.165, 1.54) is 0 Å². The summed E-state index contributed by atoms with van der Waals surface area (Å²) in [5, 5.41) is 13.3. The van der Waals surface area contributed by atoms with Gasteiger partial charge in [-0.25, -0.2) is 4.99 Å². The molecule has 0 bridgehead atoms. The van der Waals surface area contributed by atoms with Crippen molar-refractivity contribution in [1.29, 1.82) is 0 Å². The second-order valence-electron chi connectivity index (χ2n) is 6.56. The first-order valence-electron chi connectivity index (χ1n) is 8.12. The summed E-state index contributed by atoms with van der Waals surface area (Å²) >= 11 is 0. The number of carboxylic acid groups (broad SMARTS) is 1. The predicted molar refractivity (Wildman–Crippen MR) is 83.6 cm³/mol. The van der Waals surface area contributed by atoms with Crippen molar-refractivity contribution >= 4 is 11.8 Å². The van der Waals surface area contributed by atoms with Crippen LogP contribution in [0.3, 0.4) is 0 Å². The van der Waals surface area contributed by atoms with Crippen LogP contribution < -0.4 is 5.32 Å². The molecule has 0 aromatic heterocycles. The van der Waals surface area contributed by atoms with Gasteiger partial charge in [0.1, 0.15) is 17.1 Å². The van der Waals surface area contributed by atoms with Crippen molar-refractivity contribution in [1.82, 2.24) is 10.2 Å². The molecule has 2 unspecified atom stereocenters. The van der Waals surface area contributed by atoms with Gasteiger partial charge in [0.15, 0.2) is 0 Å². The number of aliphatic carboxylic acids is 1. The summed E-state index contributed by atoms with van der Waals surface area (Å²) in [5.74, 6) is 0.964. The normalized spacial score (nSPS) is 34.5. The van der Waals surface area contributed by atoms with E-state index in [-0.39, 0.29) is 12.0 Å². The summed E-state index contributed by atoms with van der Waals surface area (Å²) in [7, 11) is 1.96. The number of rotatable bonds is 4. The Bertz CT molecular complexity index is 513. The summed E-state index contributed by atoms with van der Waals surface area (Å²) in [5.41, 5.74) is -0.806. The van der Waals surface area contributed by atoms with Crippen LogP contribution in [0, 0.1) is 11.3 Å². The molecule has 2 N–H and O–H groups in total. The first-order valence-corrected chi connectivity index (χ1v) is 8.12. The van der Waals surface area contributed by atoms with Crippen LogP contribution in [0.1, 0.15) is 32.6 Å². The molecule has 0 amide bonds. The highest BCUT2D eigenvalue weighted by Gasteiger charge is 2.56. The Morgan fingerprint density at radius 1 is 1.50 bits per heavy atom. The molecule has 1 aliphatic carbocycles. The number of ether oxygens (including phenoxy) is 1. The number of nitrogens with one attached hydrogen (secondary N) is 1. The van der Waals surface area contributed by atoms with E-state index in [9.17, 15) is 9.90 Å². The maximum absolute atomic E-state index is 12.1. The number of carbonyl (C=O) groups is 1. The number of hydrogen-bond donors (Lipinski definition) is 2. The quantitative estimate of drug-likeness (QED) is 0.822. The van der Waals surface area contributed by atoms with Crippen LogP contribution in [0.25, 0.3) is 0 Å². The zero-order valence-corrected chi connectivity index (χ0v) is 13.3. The Hall–Kier alpha value is -1.56. The van der Waals surface area contributed by atoms with Crippen molar-refractivity contribution < 1.29 is 14.6 Å². The van der Waals surface area contributed by atoms with E-state index in [0.29, 0.717) is 19.6 Å². The van der Waals surface area contributed by atoms with Crippen LogP contribution in [0.4, 0.5) is 0 Å². The van der Waals surface area contributed by atoms with Crippen LogP contribution in [0.5, 0.6) is 0 Å². The first kappa shape index (κ1) is 15.3. The minimum Gasteiger partial charge on any atom is -0.480 e. The summed E-state index contributed by atoms with van der Waals surface area (Å²) in [6.07, 6.45) is 5.51. The number of nitrogens with zero attached hydrogens (tertiary/aromatic N) is 2. The molecule has 0 aromatic carbocycles. The van der Waals surface area contributed by atoms with Crippen molar-refractivity contribution in [3.8, 4) is 0 Å². The zero-order valence-electron chi connectivity index (χ0n) is 13.3. The standard InChI is InChI=1S/C16H25N3O3/c1-3-13(17-12-9-22-10-12)18-14-16(15(20)21)7-4-5-11(16)6-8-19(14)2/h3,11-12,17H,4-10H2,1-2H3,(H,20,21)/b13-3-,18-14?. The lowest BCUT2D eigenvalue weighted by Crippen LogP contribution is -2.54. The molecule has 6 heteroatoms. The van der Waals surface area contributed by atoms with Gasteiger partial charge in [0, 0.05) is 13.6 Å². The van der Waals surface area contributed by atoms with Gasteiger partial charge in [-0.3, -0.25) is 4.79 Å². The number of allylic oxidation sites excluding steroid dienone is 1. The van der Waals surface area contributed by atoms with Crippen LogP contribution in [0.2, 0.25) is 0 Å². The van der Waals surface area contributed by atoms with Gasteiger partial charge in [-0.05, 0) is 38.2 Å². The van der Waals surface area contributed by atoms with Crippen molar-refractivity contribution in [2.75, 3.05) is 26.8 Å². The number of amidine groups is 1. The molecule has 6 nitrogen and oxygen atoms in total. The fraction of sp³-hybridized carbons (Fsp3) is 0.750. The van der Waals surface area contributed by atoms with Gasteiger partial charge in [-0.15, -0.1) is 0 Å². The minimum absolute atomic E-state index is 0.213. The van der Waals surface area contributed by atoms with Gasteiger partial charge in [0.05, 0.1) is 19.3 Å². The molecule has 0 aromatic rings. The molecule has 0 spiro atoms. The maximum Gasteiger partial charge on any atom is 0.317 e. The largest absolute Gasteiger partial charge is 0.480 e. The monoisotopic (exact) mass is 307 g/mol. The molecule has 2 saturated heterocycles. The lowest BCUT2D eigenvalue weighted by atomic mass is 9.72. The van der Waals surface area contributed by atoms with Gasteiger partial charge >= 0.3 is 5.97 Å². The third-order valence-electron chi connectivity index (χ3n) is 5.27. The van der Waals surface area contributed by atoms with E-state index in [1.807, 2.05) is 24.9 Å². The van der Waals surface area contributed by atoms with E-state index in [0.717, 1.165) is 37.5 Å². The van der Waals surface area contributed by atoms with E-state index < -0.39 is 11.4 Å². The van der Waals surface area contributed by atoms with Crippen LogP contribution >= 0.6 is 0 Å². The van der Waals surface area contributed by atoms with Crippen molar-refractivity contribution in [2.24, 2.45) is 16.3 Å². The van der Waals surface area contributed by atoms with Crippen molar-refractivity contribution in [3.05, 3.63) is 11.9 Å². The molecule has 3 aliphatic rings. The Kier molecular flexibility index (Phi) is 4.12. The maximum atomic E-state index is 12.1. The Morgan fingerprint density at radius 2 is 2.27 bits per heavy atom. The predicted octanol–water partition coefficient (Wildman–Crippen LogP) is 1.44. The van der Waals surface area contributed by atoms with Crippen molar-refractivity contribution in [2.45, 2.75) is 38.6 Å². The lowest BCUT2D eigenvalue weighted by Gasteiger charge is -2.42. The number of hydrogen-bond acceptors (Lipinski definition) is 4. The SMILES string of the molecule is C/C=C(\N=C1N(C)CCC2CCCC12C(=O)O)NC1COC1. The van der Waals surface area contributed by atoms with Gasteiger partial charge in [-0.1, -0.05) is 6.42 Å². The molecule has 3 fully saturated rings. The highest BCUT2D eigenvalue weighted by molar-refractivity contribution is 6.06. The number of piperidine rings is 1. The third kappa shape index (κ3) is 2.39. The first-order chi connectivity index (χ1) is 10.6. The van der Waals surface area contributed by atoms with Crippen LogP contribution in [0.15, 0.2) is 16.9 Å². The molecule has 0 radical (unpaired) electrons. The molecule has 2 atom stereocenters. The van der Waals surface area contributed by atoms with Crippen LogP contribution in [-0.2, 0) is 9.53 Å². The van der Waals surface area contributed by atoms with E-state index in [1.54, 1.807) is 0 Å². The molecule has 22 heavy (non-hydrogen) atoms. The third-order valence-corrected chi connectivity index (χ3v) is 5.27. The zero-order chi connectivity index (χ0) is 15.7. The average Bonchev–Trinajstić information content (AvgIpc) is 2.88. The van der Waals surface area contributed by atoms with E-state index in [4.69, 9.17) is 9.73 Å². The summed E-state index contributed by atoms with van der Waals surface area (Å²) in [4.78, 5) is 18.9. The van der Waals surface area contributed by atoms with E-state index in [2.05, 4.69) is 5.32 Å². The molecule has 2 aliphatic heterocycles. The summed E-state index contributed by atoms with van der Waals surface area (Å²) < 4.78 is 5.18. The topological polar surface area (TPSA) is 74.2 Å². The Balaban J connectivity index is 1.92. The summed E-state index contributed by atoms with van der Waals surface area (Å²) in [6, 6.07) is 0.282. The molecule has 122 valence electrons. The molecule has 1 saturated carbocycles. The molecular formula is C16H25N3O3. The lowest BCUT2D eigenvalue weighted by molar-refractivity contribution is -0.147. The molecule has 2 heterocycles. The second-order valence-corrected chi connectivity index (χ2v) is 6.56. The fourth-order valence-corrected chi connectivity index (χ4v) is 3.94. The fourth-order valence-electron chi connectivity index (χ4n) is 3.94. The van der Waals surface area contributed by atoms with Gasteiger partial charge < -0.3 is 20.1 Å². The van der Waals surface area contributed by atoms with Gasteiger partial charge in [0.25, 0.3) is 0 Å². The van der Waals surface area contributed by atoms with Crippen LogP contribution in [-0.4, -0.2) is 54.7 Å². The minimum atomic E-state index is -0.806. The number of aliphatic imine (C=N–C) groups is 1. The number of fused-ring (bicyclic) bond motifs is 1. The van der Waals surface area contributed by atoms with Crippen molar-refractivity contribution in [3.63, 3.8) is 0 Å². The second kappa shape index (κ2) is 5.91. The smallest absolute Gasteiger partial charge is 0.317 e. The van der Waals surface area contributed by atoms with Gasteiger partial charge in [0.2, 0.25) is 0 Å². The summed E-state index contributed by atoms with van der Waals surface area (Å²) in [6.45, 7) is 4.17.